The van der Waals surface area contributed by atoms with Gasteiger partial charge in [0.05, 0.1) is 11.5 Å². The van der Waals surface area contributed by atoms with Crippen LogP contribution in [0.15, 0.2) is 34.1 Å². The summed E-state index contributed by atoms with van der Waals surface area (Å²) in [6.45, 7) is 2.63. The van der Waals surface area contributed by atoms with E-state index in [9.17, 15) is 0 Å². The number of benzene rings is 1. The molecule has 0 aliphatic rings. The lowest BCUT2D eigenvalue weighted by atomic mass is 10.2. The Morgan fingerprint density at radius 2 is 2.19 bits per heavy atom. The van der Waals surface area contributed by atoms with Crippen molar-refractivity contribution in [3.05, 3.63) is 49.6 Å². The zero-order valence-electron chi connectivity index (χ0n) is 11.7. The Morgan fingerprint density at radius 1 is 1.33 bits per heavy atom. The minimum atomic E-state index is 0.531. The second kappa shape index (κ2) is 8.76. The maximum absolute atomic E-state index is 6.28. The van der Waals surface area contributed by atoms with Gasteiger partial charge in [-0.25, -0.2) is 0 Å². The van der Waals surface area contributed by atoms with Crippen molar-refractivity contribution >= 4 is 38.9 Å². The summed E-state index contributed by atoms with van der Waals surface area (Å²) in [4.78, 5) is 1.16. The molecule has 2 rings (SSSR count). The number of hydrogen-bond donors (Lipinski definition) is 1. The molecule has 1 N–H and O–H groups in total. The molecule has 3 nitrogen and oxygen atoms in total. The van der Waals surface area contributed by atoms with E-state index >= 15 is 0 Å². The molecule has 1 aromatic heterocycles. The SMILES string of the molecule is COCCNCc1c(Cl)cccc1OCc1sccc1Br. The van der Waals surface area contributed by atoms with Gasteiger partial charge in [0.15, 0.2) is 0 Å². The van der Waals surface area contributed by atoms with Crippen LogP contribution in [0, 0.1) is 0 Å². The van der Waals surface area contributed by atoms with Gasteiger partial charge in [0.1, 0.15) is 12.4 Å². The molecule has 0 atom stereocenters. The van der Waals surface area contributed by atoms with Gasteiger partial charge in [0.2, 0.25) is 0 Å². The molecule has 0 radical (unpaired) electrons. The van der Waals surface area contributed by atoms with E-state index in [0.29, 0.717) is 24.8 Å². The fourth-order valence-electron chi connectivity index (χ4n) is 1.80. The van der Waals surface area contributed by atoms with Crippen LogP contribution in [0.25, 0.3) is 0 Å². The monoisotopic (exact) mass is 389 g/mol. The summed E-state index contributed by atoms with van der Waals surface area (Å²) in [6.07, 6.45) is 0. The number of methoxy groups -OCH3 is 1. The zero-order chi connectivity index (χ0) is 15.1. The largest absolute Gasteiger partial charge is 0.488 e. The van der Waals surface area contributed by atoms with Gasteiger partial charge in [-0.15, -0.1) is 11.3 Å². The van der Waals surface area contributed by atoms with Crippen LogP contribution in [-0.4, -0.2) is 20.3 Å². The minimum absolute atomic E-state index is 0.531. The van der Waals surface area contributed by atoms with Crippen molar-refractivity contribution in [3.63, 3.8) is 0 Å². The lowest BCUT2D eigenvalue weighted by Gasteiger charge is -2.13. The lowest BCUT2D eigenvalue weighted by molar-refractivity contribution is 0.199. The summed E-state index contributed by atoms with van der Waals surface area (Å²) in [7, 11) is 1.69. The molecule has 1 aromatic carbocycles. The molecule has 0 saturated heterocycles. The van der Waals surface area contributed by atoms with Crippen LogP contribution in [0.1, 0.15) is 10.4 Å². The van der Waals surface area contributed by atoms with Gasteiger partial charge in [0, 0.05) is 35.3 Å². The van der Waals surface area contributed by atoms with Crippen LogP contribution in [0.4, 0.5) is 0 Å². The third-order valence-electron chi connectivity index (χ3n) is 2.91. The quantitative estimate of drug-likeness (QED) is 0.674. The Morgan fingerprint density at radius 3 is 2.90 bits per heavy atom. The minimum Gasteiger partial charge on any atom is -0.488 e. The Bertz CT molecular complexity index is 577. The van der Waals surface area contributed by atoms with E-state index in [2.05, 4.69) is 21.2 Å². The number of halogens is 2. The molecule has 0 aliphatic heterocycles. The van der Waals surface area contributed by atoms with Gasteiger partial charge in [0.25, 0.3) is 0 Å². The van der Waals surface area contributed by atoms with Crippen LogP contribution in [-0.2, 0) is 17.9 Å². The molecule has 21 heavy (non-hydrogen) atoms. The first-order valence-corrected chi connectivity index (χ1v) is 8.59. The summed E-state index contributed by atoms with van der Waals surface area (Å²) < 4.78 is 12.0. The van der Waals surface area contributed by atoms with Crippen molar-refractivity contribution in [2.75, 3.05) is 20.3 Å². The average molecular weight is 391 g/mol. The first-order valence-electron chi connectivity index (χ1n) is 6.54. The van der Waals surface area contributed by atoms with E-state index in [-0.39, 0.29) is 0 Å². The lowest BCUT2D eigenvalue weighted by Crippen LogP contribution is -2.19. The molecule has 6 heteroatoms. The molecular weight excluding hydrogens is 374 g/mol. The highest BCUT2D eigenvalue weighted by Crippen LogP contribution is 2.29. The van der Waals surface area contributed by atoms with Crippen LogP contribution < -0.4 is 10.1 Å². The fraction of sp³-hybridized carbons (Fsp3) is 0.333. The predicted octanol–water partition coefficient (Wildman–Crippen LogP) is 4.48. The standard InChI is InChI=1S/C15H17BrClNO2S/c1-19-7-6-18-9-11-13(17)3-2-4-14(11)20-10-15-12(16)5-8-21-15/h2-5,8,18H,6-7,9-10H2,1H3. The number of rotatable bonds is 8. The Balaban J connectivity index is 2.01. The summed E-state index contributed by atoms with van der Waals surface area (Å²) >= 11 is 11.5. The van der Waals surface area contributed by atoms with Crippen molar-refractivity contribution < 1.29 is 9.47 Å². The van der Waals surface area contributed by atoms with Crippen molar-refractivity contribution in [1.82, 2.24) is 5.32 Å². The first kappa shape index (κ1) is 16.8. The van der Waals surface area contributed by atoms with Crippen molar-refractivity contribution in [2.24, 2.45) is 0 Å². The highest BCUT2D eigenvalue weighted by molar-refractivity contribution is 9.10. The van der Waals surface area contributed by atoms with Crippen molar-refractivity contribution in [3.8, 4) is 5.75 Å². The number of thiophene rings is 1. The van der Waals surface area contributed by atoms with E-state index < -0.39 is 0 Å². The summed E-state index contributed by atoms with van der Waals surface area (Å²) in [5.41, 5.74) is 0.975. The molecule has 0 unspecified atom stereocenters. The van der Waals surface area contributed by atoms with E-state index in [1.165, 1.54) is 0 Å². The van der Waals surface area contributed by atoms with Crippen LogP contribution >= 0.6 is 38.9 Å². The fourth-order valence-corrected chi connectivity index (χ4v) is 3.42. The van der Waals surface area contributed by atoms with Gasteiger partial charge in [-0.3, -0.25) is 0 Å². The second-order valence-corrected chi connectivity index (χ2v) is 6.63. The zero-order valence-corrected chi connectivity index (χ0v) is 14.9. The Labute approximate surface area is 142 Å². The first-order chi connectivity index (χ1) is 10.2. The molecule has 0 saturated carbocycles. The summed E-state index contributed by atoms with van der Waals surface area (Å²) in [5, 5.41) is 6.04. The molecule has 0 bridgehead atoms. The third kappa shape index (κ3) is 4.97. The number of hydrogen-bond acceptors (Lipinski definition) is 4. The van der Waals surface area contributed by atoms with Gasteiger partial charge >= 0.3 is 0 Å². The van der Waals surface area contributed by atoms with Crippen LogP contribution in [0.2, 0.25) is 5.02 Å². The highest BCUT2D eigenvalue weighted by atomic mass is 79.9. The molecule has 0 aliphatic carbocycles. The number of ether oxygens (including phenoxy) is 2. The molecule has 114 valence electrons. The topological polar surface area (TPSA) is 30.5 Å². The van der Waals surface area contributed by atoms with E-state index in [0.717, 1.165) is 27.2 Å². The molecule has 1 heterocycles. The molecule has 0 amide bonds. The number of nitrogens with one attached hydrogen (secondary N) is 1. The van der Waals surface area contributed by atoms with Gasteiger partial charge < -0.3 is 14.8 Å². The normalized spacial score (nSPS) is 10.8. The Hall–Kier alpha value is -0.590. The van der Waals surface area contributed by atoms with E-state index in [4.69, 9.17) is 21.1 Å². The highest BCUT2D eigenvalue weighted by Gasteiger charge is 2.09. The van der Waals surface area contributed by atoms with Crippen molar-refractivity contribution in [1.29, 1.82) is 0 Å². The second-order valence-electron chi connectivity index (χ2n) is 4.37. The molecule has 0 spiro atoms. The van der Waals surface area contributed by atoms with Crippen LogP contribution in [0.3, 0.4) is 0 Å². The van der Waals surface area contributed by atoms with Gasteiger partial charge in [-0.1, -0.05) is 17.7 Å². The maximum Gasteiger partial charge on any atom is 0.125 e. The smallest absolute Gasteiger partial charge is 0.125 e. The van der Waals surface area contributed by atoms with E-state index in [1.54, 1.807) is 18.4 Å². The molecule has 2 aromatic rings. The average Bonchev–Trinajstić information content (AvgIpc) is 2.88. The van der Waals surface area contributed by atoms with E-state index in [1.807, 2.05) is 29.6 Å². The Kier molecular flexibility index (Phi) is 6.99. The predicted molar refractivity (Wildman–Crippen MR) is 91.4 cm³/mol. The molecule has 0 fully saturated rings. The summed E-state index contributed by atoms with van der Waals surface area (Å²) in [6, 6.07) is 7.75. The van der Waals surface area contributed by atoms with Gasteiger partial charge in [-0.05, 0) is 39.5 Å². The third-order valence-corrected chi connectivity index (χ3v) is 5.16. The van der Waals surface area contributed by atoms with Crippen LogP contribution in [0.5, 0.6) is 5.75 Å². The summed E-state index contributed by atoms with van der Waals surface area (Å²) in [5.74, 6) is 0.813. The van der Waals surface area contributed by atoms with Gasteiger partial charge in [-0.2, -0.15) is 0 Å². The maximum atomic E-state index is 6.28. The van der Waals surface area contributed by atoms with Crippen molar-refractivity contribution in [2.45, 2.75) is 13.2 Å². The molecular formula is C15H17BrClNO2S.